The number of likely N-dealkylation sites (N-methyl/N-ethyl adjacent to an activating group) is 1. The van der Waals surface area contributed by atoms with Crippen LogP contribution in [0.1, 0.15) is 18.1 Å². The Balaban J connectivity index is 1.92. The standard InChI is InChI=1S/C14H20N2OS/c1-3-11-4-6-12(7-5-11)8-16(2)14(17)13-9-18-10-15-13/h4-7,13,15H,3,8-10H2,1-2H3. The van der Waals surface area contributed by atoms with Gasteiger partial charge in [0.25, 0.3) is 0 Å². The van der Waals surface area contributed by atoms with Crippen molar-refractivity contribution < 1.29 is 4.79 Å². The van der Waals surface area contributed by atoms with Crippen molar-refractivity contribution >= 4 is 17.7 Å². The summed E-state index contributed by atoms with van der Waals surface area (Å²) in [6.45, 7) is 2.83. The number of hydrogen-bond acceptors (Lipinski definition) is 3. The molecule has 0 bridgehead atoms. The molecule has 3 nitrogen and oxygen atoms in total. The van der Waals surface area contributed by atoms with E-state index in [0.29, 0.717) is 6.54 Å². The van der Waals surface area contributed by atoms with Crippen molar-refractivity contribution in [2.24, 2.45) is 0 Å². The van der Waals surface area contributed by atoms with Crippen LogP contribution in [0.15, 0.2) is 24.3 Å². The summed E-state index contributed by atoms with van der Waals surface area (Å²) in [5.41, 5.74) is 2.52. The maximum absolute atomic E-state index is 12.1. The quantitative estimate of drug-likeness (QED) is 0.901. The van der Waals surface area contributed by atoms with Crippen molar-refractivity contribution in [3.63, 3.8) is 0 Å². The van der Waals surface area contributed by atoms with Gasteiger partial charge in [-0.3, -0.25) is 10.1 Å². The number of nitrogens with zero attached hydrogens (tertiary/aromatic N) is 1. The van der Waals surface area contributed by atoms with Crippen molar-refractivity contribution in [1.82, 2.24) is 10.2 Å². The fourth-order valence-electron chi connectivity index (χ4n) is 2.05. The first-order valence-electron chi connectivity index (χ1n) is 6.34. The molecule has 1 atom stereocenters. The molecule has 98 valence electrons. The van der Waals surface area contributed by atoms with E-state index in [1.165, 1.54) is 11.1 Å². The van der Waals surface area contributed by atoms with Gasteiger partial charge in [0.1, 0.15) is 0 Å². The third-order valence-electron chi connectivity index (χ3n) is 3.24. The zero-order chi connectivity index (χ0) is 13.0. The zero-order valence-corrected chi connectivity index (χ0v) is 11.8. The molecule has 18 heavy (non-hydrogen) atoms. The van der Waals surface area contributed by atoms with Gasteiger partial charge in [0.2, 0.25) is 5.91 Å². The van der Waals surface area contributed by atoms with E-state index in [1.54, 1.807) is 11.8 Å². The second kappa shape index (κ2) is 6.25. The first-order chi connectivity index (χ1) is 8.70. The number of benzene rings is 1. The summed E-state index contributed by atoms with van der Waals surface area (Å²) in [5.74, 6) is 1.97. The third-order valence-corrected chi connectivity index (χ3v) is 4.18. The molecule has 1 heterocycles. The van der Waals surface area contributed by atoms with Crippen LogP contribution < -0.4 is 5.32 Å². The van der Waals surface area contributed by atoms with Gasteiger partial charge in [-0.2, -0.15) is 0 Å². The maximum atomic E-state index is 12.1. The SMILES string of the molecule is CCc1ccc(CN(C)C(=O)C2CSCN2)cc1. The molecule has 4 heteroatoms. The summed E-state index contributed by atoms with van der Waals surface area (Å²) >= 11 is 1.78. The lowest BCUT2D eigenvalue weighted by atomic mass is 10.1. The summed E-state index contributed by atoms with van der Waals surface area (Å²) in [4.78, 5) is 13.9. The van der Waals surface area contributed by atoms with E-state index in [1.807, 2.05) is 11.9 Å². The number of thioether (sulfide) groups is 1. The second-order valence-corrected chi connectivity index (χ2v) is 5.67. The van der Waals surface area contributed by atoms with E-state index in [4.69, 9.17) is 0 Å². The molecular formula is C14H20N2OS. The summed E-state index contributed by atoms with van der Waals surface area (Å²) < 4.78 is 0. The van der Waals surface area contributed by atoms with Gasteiger partial charge in [-0.25, -0.2) is 0 Å². The molecule has 0 aliphatic carbocycles. The molecule has 1 unspecified atom stereocenters. The first-order valence-corrected chi connectivity index (χ1v) is 7.50. The molecule has 1 aliphatic heterocycles. The Morgan fingerprint density at radius 3 is 2.61 bits per heavy atom. The number of carbonyl (C=O) groups is 1. The lowest BCUT2D eigenvalue weighted by molar-refractivity contribution is -0.131. The van der Waals surface area contributed by atoms with Crippen molar-refractivity contribution in [2.75, 3.05) is 18.7 Å². The minimum atomic E-state index is -0.00471. The number of rotatable bonds is 4. The topological polar surface area (TPSA) is 32.3 Å². The molecule has 1 amide bonds. The van der Waals surface area contributed by atoms with Crippen LogP contribution in [-0.4, -0.2) is 35.5 Å². The van der Waals surface area contributed by atoms with Crippen LogP contribution in [0.4, 0.5) is 0 Å². The van der Waals surface area contributed by atoms with Crippen LogP contribution in [-0.2, 0) is 17.8 Å². The van der Waals surface area contributed by atoms with Gasteiger partial charge < -0.3 is 4.90 Å². The van der Waals surface area contributed by atoms with Crippen LogP contribution in [0.3, 0.4) is 0 Å². The smallest absolute Gasteiger partial charge is 0.240 e. The fraction of sp³-hybridized carbons (Fsp3) is 0.500. The highest BCUT2D eigenvalue weighted by Gasteiger charge is 2.25. The molecule has 1 aromatic carbocycles. The number of aryl methyl sites for hydroxylation is 1. The molecule has 1 N–H and O–H groups in total. The lowest BCUT2D eigenvalue weighted by Gasteiger charge is -2.21. The predicted octanol–water partition coefficient (Wildman–Crippen LogP) is 1.87. The van der Waals surface area contributed by atoms with Crippen LogP contribution in [0, 0.1) is 0 Å². The minimum absolute atomic E-state index is 0.00471. The molecule has 2 rings (SSSR count). The van der Waals surface area contributed by atoms with E-state index in [0.717, 1.165) is 18.1 Å². The van der Waals surface area contributed by atoms with Gasteiger partial charge in [0.15, 0.2) is 0 Å². The predicted molar refractivity (Wildman–Crippen MR) is 76.5 cm³/mol. The Hall–Kier alpha value is -1.00. The Bertz CT molecular complexity index is 399. The summed E-state index contributed by atoms with van der Waals surface area (Å²) in [6.07, 6.45) is 1.05. The van der Waals surface area contributed by atoms with Gasteiger partial charge in [-0.1, -0.05) is 31.2 Å². The summed E-state index contributed by atoms with van der Waals surface area (Å²) in [7, 11) is 1.88. The van der Waals surface area contributed by atoms with Gasteiger partial charge in [-0.05, 0) is 17.5 Å². The van der Waals surface area contributed by atoms with E-state index < -0.39 is 0 Å². The van der Waals surface area contributed by atoms with Crippen molar-refractivity contribution in [3.8, 4) is 0 Å². The van der Waals surface area contributed by atoms with Crippen LogP contribution in [0.5, 0.6) is 0 Å². The third kappa shape index (κ3) is 3.27. The van der Waals surface area contributed by atoms with E-state index >= 15 is 0 Å². The van der Waals surface area contributed by atoms with Crippen LogP contribution in [0.2, 0.25) is 0 Å². The monoisotopic (exact) mass is 264 g/mol. The Morgan fingerprint density at radius 2 is 2.06 bits per heavy atom. The molecule has 1 saturated heterocycles. The maximum Gasteiger partial charge on any atom is 0.240 e. The van der Waals surface area contributed by atoms with Crippen molar-refractivity contribution in [1.29, 1.82) is 0 Å². The molecule has 0 radical (unpaired) electrons. The van der Waals surface area contributed by atoms with E-state index in [-0.39, 0.29) is 11.9 Å². The highest BCUT2D eigenvalue weighted by atomic mass is 32.2. The highest BCUT2D eigenvalue weighted by molar-refractivity contribution is 7.99. The molecule has 1 fully saturated rings. The van der Waals surface area contributed by atoms with E-state index in [9.17, 15) is 4.79 Å². The molecule has 0 spiro atoms. The van der Waals surface area contributed by atoms with Gasteiger partial charge in [0, 0.05) is 25.2 Å². The Morgan fingerprint density at radius 1 is 1.39 bits per heavy atom. The van der Waals surface area contributed by atoms with Gasteiger partial charge in [-0.15, -0.1) is 11.8 Å². The van der Waals surface area contributed by atoms with Gasteiger partial charge >= 0.3 is 0 Å². The summed E-state index contributed by atoms with van der Waals surface area (Å²) in [5, 5.41) is 3.21. The largest absolute Gasteiger partial charge is 0.340 e. The number of nitrogens with one attached hydrogen (secondary N) is 1. The molecule has 1 aromatic rings. The molecular weight excluding hydrogens is 244 g/mol. The number of carbonyl (C=O) groups excluding carboxylic acids is 1. The summed E-state index contributed by atoms with van der Waals surface area (Å²) in [6, 6.07) is 8.49. The zero-order valence-electron chi connectivity index (χ0n) is 11.0. The average Bonchev–Trinajstić information content (AvgIpc) is 2.92. The average molecular weight is 264 g/mol. The Labute approximate surface area is 113 Å². The van der Waals surface area contributed by atoms with Gasteiger partial charge in [0.05, 0.1) is 6.04 Å². The van der Waals surface area contributed by atoms with Crippen molar-refractivity contribution in [3.05, 3.63) is 35.4 Å². The number of amides is 1. The molecule has 0 aromatic heterocycles. The van der Waals surface area contributed by atoms with E-state index in [2.05, 4.69) is 36.5 Å². The van der Waals surface area contributed by atoms with Crippen molar-refractivity contribution in [2.45, 2.75) is 25.9 Å². The van der Waals surface area contributed by atoms with Crippen LogP contribution in [0.25, 0.3) is 0 Å². The molecule has 1 aliphatic rings. The van der Waals surface area contributed by atoms with Crippen LogP contribution >= 0.6 is 11.8 Å². The Kier molecular flexibility index (Phi) is 4.66. The second-order valence-electron chi connectivity index (χ2n) is 4.64. The normalized spacial score (nSPS) is 18.9. The highest BCUT2D eigenvalue weighted by Crippen LogP contribution is 2.13. The fourth-order valence-corrected chi connectivity index (χ4v) is 2.99. The lowest BCUT2D eigenvalue weighted by Crippen LogP contribution is -2.42. The minimum Gasteiger partial charge on any atom is -0.340 e. The molecule has 0 saturated carbocycles. The number of hydrogen-bond donors (Lipinski definition) is 1. The first kappa shape index (κ1) is 13.4.